The fourth-order valence-corrected chi connectivity index (χ4v) is 2.68. The lowest BCUT2D eigenvalue weighted by atomic mass is 10.1. The van der Waals surface area contributed by atoms with E-state index in [0.29, 0.717) is 25.3 Å². The quantitative estimate of drug-likeness (QED) is 0.762. The van der Waals surface area contributed by atoms with E-state index in [1.807, 2.05) is 24.3 Å². The average Bonchev–Trinajstić information content (AvgIpc) is 2.78. The monoisotopic (exact) mass is 308 g/mol. The Hall–Kier alpha value is -2.02. The van der Waals surface area contributed by atoms with E-state index in [2.05, 4.69) is 5.32 Å². The molecule has 3 amide bonds. The Labute approximate surface area is 126 Å². The first kappa shape index (κ1) is 15.4. The third-order valence-corrected chi connectivity index (χ3v) is 3.99. The minimum atomic E-state index is -0.356. The Kier molecular flexibility index (Phi) is 5.21. The predicted octanol–water partition coefficient (Wildman–Crippen LogP) is 1.05. The van der Waals surface area contributed by atoms with Crippen LogP contribution in [0.15, 0.2) is 24.3 Å². The Morgan fingerprint density at radius 3 is 2.62 bits per heavy atom. The molecular weight excluding hydrogens is 292 g/mol. The highest BCUT2D eigenvalue weighted by Crippen LogP contribution is 2.23. The van der Waals surface area contributed by atoms with Gasteiger partial charge in [-0.05, 0) is 24.1 Å². The summed E-state index contributed by atoms with van der Waals surface area (Å²) in [6.07, 6.45) is 1.26. The van der Waals surface area contributed by atoms with E-state index < -0.39 is 0 Å². The maximum atomic E-state index is 11.5. The van der Waals surface area contributed by atoms with Crippen molar-refractivity contribution < 1.29 is 19.1 Å². The minimum absolute atomic E-state index is 0.234. The Morgan fingerprint density at radius 2 is 2.05 bits per heavy atom. The van der Waals surface area contributed by atoms with Crippen molar-refractivity contribution >= 4 is 29.3 Å². The van der Waals surface area contributed by atoms with E-state index in [9.17, 15) is 14.4 Å². The van der Waals surface area contributed by atoms with Crippen molar-refractivity contribution in [3.8, 4) is 5.75 Å². The van der Waals surface area contributed by atoms with Gasteiger partial charge in [-0.3, -0.25) is 19.7 Å². The standard InChI is InChI=1S/C14H16N2O4S/c1-16(9-17)6-7-20-11-4-2-10(3-5-11)8-12-13(18)15-14(19)21-12/h2-5,9,12H,6-8H2,1H3,(H,15,18,19). The number of thioether (sulfide) groups is 1. The van der Waals surface area contributed by atoms with E-state index in [-0.39, 0.29) is 16.4 Å². The molecule has 1 N–H and O–H groups in total. The van der Waals surface area contributed by atoms with Crippen LogP contribution in [0.4, 0.5) is 4.79 Å². The first-order valence-corrected chi connectivity index (χ1v) is 7.35. The number of ether oxygens (including phenoxy) is 1. The molecule has 0 bridgehead atoms. The molecule has 1 fully saturated rings. The van der Waals surface area contributed by atoms with Crippen molar-refractivity contribution in [2.75, 3.05) is 20.2 Å². The highest BCUT2D eigenvalue weighted by molar-refractivity contribution is 8.15. The Morgan fingerprint density at radius 1 is 1.33 bits per heavy atom. The van der Waals surface area contributed by atoms with Gasteiger partial charge < -0.3 is 9.64 Å². The number of carbonyl (C=O) groups excluding carboxylic acids is 3. The first-order chi connectivity index (χ1) is 10.1. The van der Waals surface area contributed by atoms with E-state index in [0.717, 1.165) is 23.7 Å². The highest BCUT2D eigenvalue weighted by Gasteiger charge is 2.31. The number of rotatable bonds is 7. The zero-order valence-corrected chi connectivity index (χ0v) is 12.4. The van der Waals surface area contributed by atoms with Gasteiger partial charge in [-0.25, -0.2) is 0 Å². The summed E-state index contributed by atoms with van der Waals surface area (Å²) in [7, 11) is 1.69. The lowest BCUT2D eigenvalue weighted by Gasteiger charge is -2.12. The number of nitrogens with zero attached hydrogens (tertiary/aromatic N) is 1. The van der Waals surface area contributed by atoms with Crippen LogP contribution in [0.1, 0.15) is 5.56 Å². The molecule has 1 aliphatic rings. The second-order valence-corrected chi connectivity index (χ2v) is 5.84. The molecule has 1 unspecified atom stereocenters. The first-order valence-electron chi connectivity index (χ1n) is 6.47. The van der Waals surface area contributed by atoms with Gasteiger partial charge in [0, 0.05) is 7.05 Å². The summed E-state index contributed by atoms with van der Waals surface area (Å²) in [5.74, 6) is 0.472. The maximum absolute atomic E-state index is 11.5. The van der Waals surface area contributed by atoms with Crippen molar-refractivity contribution in [1.82, 2.24) is 10.2 Å². The van der Waals surface area contributed by atoms with Gasteiger partial charge in [0.15, 0.2) is 0 Å². The summed E-state index contributed by atoms with van der Waals surface area (Å²) in [5, 5.41) is 1.63. The fourth-order valence-electron chi connectivity index (χ4n) is 1.82. The van der Waals surface area contributed by atoms with Crippen molar-refractivity contribution in [2.45, 2.75) is 11.7 Å². The van der Waals surface area contributed by atoms with Crippen LogP contribution in [-0.4, -0.2) is 47.9 Å². The molecule has 1 aromatic carbocycles. The molecule has 1 aromatic rings. The molecule has 0 aromatic heterocycles. The van der Waals surface area contributed by atoms with Gasteiger partial charge in [0.1, 0.15) is 12.4 Å². The van der Waals surface area contributed by atoms with Crippen LogP contribution in [0.3, 0.4) is 0 Å². The van der Waals surface area contributed by atoms with Gasteiger partial charge in [-0.2, -0.15) is 0 Å². The fraction of sp³-hybridized carbons (Fsp3) is 0.357. The van der Waals surface area contributed by atoms with Gasteiger partial charge in [0.05, 0.1) is 11.8 Å². The lowest BCUT2D eigenvalue weighted by Crippen LogP contribution is -2.25. The summed E-state index contributed by atoms with van der Waals surface area (Å²) in [4.78, 5) is 34.5. The molecule has 2 rings (SSSR count). The molecule has 1 saturated heterocycles. The van der Waals surface area contributed by atoms with Crippen LogP contribution >= 0.6 is 11.8 Å². The molecule has 7 heteroatoms. The van der Waals surface area contributed by atoms with Gasteiger partial charge in [0.25, 0.3) is 5.24 Å². The van der Waals surface area contributed by atoms with E-state index in [1.54, 1.807) is 7.05 Å². The van der Waals surface area contributed by atoms with Crippen LogP contribution in [0.5, 0.6) is 5.75 Å². The van der Waals surface area contributed by atoms with Crippen molar-refractivity contribution in [1.29, 1.82) is 0 Å². The number of imide groups is 1. The third kappa shape index (κ3) is 4.49. The number of amides is 3. The SMILES string of the molecule is CN(C=O)CCOc1ccc(CC2SC(=O)NC2=O)cc1. The molecule has 6 nitrogen and oxygen atoms in total. The highest BCUT2D eigenvalue weighted by atomic mass is 32.2. The Balaban J connectivity index is 1.83. The van der Waals surface area contributed by atoms with Crippen LogP contribution in [0.25, 0.3) is 0 Å². The Bertz CT molecular complexity index is 532. The minimum Gasteiger partial charge on any atom is -0.492 e. The summed E-state index contributed by atoms with van der Waals surface area (Å²) in [6.45, 7) is 0.941. The summed E-state index contributed by atoms with van der Waals surface area (Å²) >= 11 is 1.02. The van der Waals surface area contributed by atoms with Crippen LogP contribution < -0.4 is 10.1 Å². The summed E-state index contributed by atoms with van der Waals surface area (Å²) in [6, 6.07) is 7.37. The molecule has 1 heterocycles. The second-order valence-electron chi connectivity index (χ2n) is 4.67. The molecule has 0 spiro atoms. The molecular formula is C14H16N2O4S. The molecule has 0 radical (unpaired) electrons. The molecule has 0 saturated carbocycles. The normalized spacial score (nSPS) is 17.5. The van der Waals surface area contributed by atoms with Crippen LogP contribution in [0, 0.1) is 0 Å². The van der Waals surface area contributed by atoms with Crippen molar-refractivity contribution in [2.24, 2.45) is 0 Å². The topological polar surface area (TPSA) is 75.7 Å². The third-order valence-electron chi connectivity index (χ3n) is 3.00. The van der Waals surface area contributed by atoms with Crippen molar-refractivity contribution in [3.05, 3.63) is 29.8 Å². The van der Waals surface area contributed by atoms with Gasteiger partial charge >= 0.3 is 0 Å². The number of hydrogen-bond donors (Lipinski definition) is 1. The van der Waals surface area contributed by atoms with E-state index >= 15 is 0 Å². The van der Waals surface area contributed by atoms with E-state index in [1.165, 1.54) is 4.90 Å². The number of nitrogens with one attached hydrogen (secondary N) is 1. The lowest BCUT2D eigenvalue weighted by molar-refractivity contribution is -0.119. The van der Waals surface area contributed by atoms with Gasteiger partial charge in [0.2, 0.25) is 12.3 Å². The van der Waals surface area contributed by atoms with Gasteiger partial charge in [-0.1, -0.05) is 23.9 Å². The molecule has 0 aliphatic carbocycles. The predicted molar refractivity (Wildman–Crippen MR) is 79.3 cm³/mol. The number of hydrogen-bond acceptors (Lipinski definition) is 5. The number of carbonyl (C=O) groups is 3. The average molecular weight is 308 g/mol. The molecule has 112 valence electrons. The summed E-state index contributed by atoms with van der Waals surface area (Å²) in [5.41, 5.74) is 0.967. The van der Waals surface area contributed by atoms with Crippen molar-refractivity contribution in [3.63, 3.8) is 0 Å². The zero-order valence-electron chi connectivity index (χ0n) is 11.6. The van der Waals surface area contributed by atoms with Gasteiger partial charge in [-0.15, -0.1) is 0 Å². The smallest absolute Gasteiger partial charge is 0.286 e. The second kappa shape index (κ2) is 7.12. The van der Waals surface area contributed by atoms with E-state index in [4.69, 9.17) is 4.74 Å². The van der Waals surface area contributed by atoms with Crippen LogP contribution in [-0.2, 0) is 16.0 Å². The molecule has 1 aliphatic heterocycles. The maximum Gasteiger partial charge on any atom is 0.286 e. The largest absolute Gasteiger partial charge is 0.492 e. The zero-order chi connectivity index (χ0) is 15.2. The van der Waals surface area contributed by atoms with Crippen LogP contribution in [0.2, 0.25) is 0 Å². The molecule has 1 atom stereocenters. The number of benzene rings is 1. The number of likely N-dealkylation sites (N-methyl/N-ethyl adjacent to an activating group) is 1. The summed E-state index contributed by atoms with van der Waals surface area (Å²) < 4.78 is 5.50. The molecule has 21 heavy (non-hydrogen) atoms.